The summed E-state index contributed by atoms with van der Waals surface area (Å²) in [7, 11) is 0. The van der Waals surface area contributed by atoms with Crippen molar-refractivity contribution in [3.8, 4) is 45.0 Å². The third-order valence-electron chi connectivity index (χ3n) is 21.4. The van der Waals surface area contributed by atoms with Crippen molar-refractivity contribution in [2.75, 3.05) is 98.4 Å². The van der Waals surface area contributed by atoms with E-state index in [-0.39, 0.29) is 100 Å². The monoisotopic (exact) mass is 1910 g/mol. The fourth-order valence-electron chi connectivity index (χ4n) is 15.2. The van der Waals surface area contributed by atoms with Gasteiger partial charge in [-0.25, -0.2) is 19.9 Å². The molecule has 0 saturated carbocycles. The van der Waals surface area contributed by atoms with Crippen molar-refractivity contribution in [2.24, 2.45) is 11.8 Å². The highest BCUT2D eigenvalue weighted by atomic mass is 35.5. The van der Waals surface area contributed by atoms with Gasteiger partial charge in [-0.1, -0.05) is 156 Å². The number of carbonyl (C=O) groups excluding carboxylic acids is 7. The fourth-order valence-corrected chi connectivity index (χ4v) is 16.3. The molecule has 12 aromatic rings. The van der Waals surface area contributed by atoms with Gasteiger partial charge in [0.05, 0.1) is 97.9 Å². The highest BCUT2D eigenvalue weighted by Gasteiger charge is 2.31. The molecule has 27 nitrogen and oxygen atoms in total. The molecule has 36 heteroatoms. The maximum Gasteiger partial charge on any atom is 0.373 e. The summed E-state index contributed by atoms with van der Waals surface area (Å²) in [5, 5.41) is 26.2. The maximum atomic E-state index is 13.2. The number of carboxylic acids is 2. The van der Waals surface area contributed by atoms with Crippen molar-refractivity contribution in [1.82, 2.24) is 67.4 Å². The number of esters is 1. The first-order chi connectivity index (χ1) is 60.3. The Hall–Kier alpha value is -10.2. The van der Waals surface area contributed by atoms with Gasteiger partial charge in [-0.05, 0) is 154 Å². The predicted octanol–water partition coefficient (Wildman–Crippen LogP) is 17.4. The first kappa shape index (κ1) is 101. The van der Waals surface area contributed by atoms with Crippen molar-refractivity contribution < 1.29 is 62.8 Å². The standard InChI is InChI=1S/C24H25Cl2N3O3.C22H21Cl2N3O3.C21H20Cl2N4O3.C15H10Cl2N2O2.C7H16N2.CO2.CH4.ClH/c1-2-32-23(31)13-16-9-11-28(12-10-16)22(30)14-20-24(17-3-5-18(25)6-4-17)27-21-8-7-19(26)15-29(20)21;23-16-3-1-15(2-4-16)22-18(27-13-17(24)5-6-19(27)25-22)12-20(28)26-9-7-14(8-10-26)11-21(29)30;22-16-3-1-15(2-4-16)21-18(27-12-17(23)5-6-19(27)24-21)11-20(29)26-9-7-25(8-10-26)13-30-14-28;16-10-3-1-9(2-4-10)15-12(7-14(20)21)19-8-11(17)5-6-13(19)18-15;1-2-5-9-6-3-8-4-7-9;2-1-3;;/h3-8,15-16H,2,9-14H2,1H3;1-6,13-14H,7-12H2,(H,29,30);1-6,12,14H,7-11,13H2;1-6,8H,7H2,(H,20,21);8H,2-7H2,1H3;;1H4;1H. The summed E-state index contributed by atoms with van der Waals surface area (Å²) in [5.41, 5.74) is 12.1. The summed E-state index contributed by atoms with van der Waals surface area (Å²) in [4.78, 5) is 129. The second kappa shape index (κ2) is 49.4. The fraction of sp³-hybridized carbons (Fsp3) is 0.341. The van der Waals surface area contributed by atoms with Crippen LogP contribution in [-0.4, -0.2) is 219 Å². The van der Waals surface area contributed by atoms with Crippen LogP contribution in [0.25, 0.3) is 67.6 Å². The molecular formula is C91H97Cl9N14O13. The van der Waals surface area contributed by atoms with Gasteiger partial charge in [-0.3, -0.25) is 38.5 Å². The number of ether oxygens (including phenoxy) is 2. The quantitative estimate of drug-likeness (QED) is 0.0419. The smallest absolute Gasteiger partial charge is 0.373 e. The number of piperazine rings is 2. The number of pyridine rings is 4. The minimum atomic E-state index is -0.924. The number of nitrogens with one attached hydrogen (secondary N) is 1. The molecule has 12 heterocycles. The molecular weight excluding hydrogens is 1820 g/mol. The number of aliphatic carboxylic acids is 2. The number of fused-ring (bicyclic) bond motifs is 4. The van der Waals surface area contributed by atoms with Crippen LogP contribution in [0.3, 0.4) is 0 Å². The van der Waals surface area contributed by atoms with Gasteiger partial charge in [0.1, 0.15) is 29.3 Å². The molecule has 0 radical (unpaired) electrons. The number of hydrogen-bond acceptors (Lipinski definition) is 18. The SMILES string of the molecule is C.CCCN1CCNCC1.CCOC(=O)CC1CCN(C(=O)Cc2c(-c3ccc(Cl)cc3)nc3ccc(Cl)cn23)CC1.Cl.O=C(O)CC1CCN(C(=O)Cc2c(-c3ccc(Cl)cc3)nc3ccc(Cl)cn23)CC1.O=C(O)Cc1c(-c2ccc(Cl)cc2)nc2ccc(Cl)cn12.O=C=O.O=COCN1CCN(C(=O)Cc2c(-c3ccc(Cl)cc3)nc3ccc(Cl)cn23)CC1. The van der Waals surface area contributed by atoms with E-state index in [2.05, 4.69) is 22.1 Å². The third-order valence-corrected chi connectivity index (χ3v) is 23.3. The van der Waals surface area contributed by atoms with Crippen molar-refractivity contribution in [3.63, 3.8) is 0 Å². The zero-order chi connectivity index (χ0) is 89.2. The lowest BCUT2D eigenvalue weighted by Gasteiger charge is -2.34. The summed E-state index contributed by atoms with van der Waals surface area (Å²) in [6, 6.07) is 43.7. The molecule has 4 aromatic carbocycles. The van der Waals surface area contributed by atoms with Crippen LogP contribution in [0.1, 0.15) is 89.0 Å². The van der Waals surface area contributed by atoms with Crippen molar-refractivity contribution in [2.45, 2.75) is 91.9 Å². The Morgan fingerprint density at radius 1 is 0.417 bits per heavy atom. The van der Waals surface area contributed by atoms with E-state index in [0.29, 0.717) is 148 Å². The van der Waals surface area contributed by atoms with E-state index in [9.17, 15) is 33.6 Å². The number of likely N-dealkylation sites (tertiary alicyclic amines) is 2. The van der Waals surface area contributed by atoms with Gasteiger partial charge < -0.3 is 62.2 Å². The van der Waals surface area contributed by atoms with Crippen LogP contribution >= 0.6 is 105 Å². The van der Waals surface area contributed by atoms with Gasteiger partial charge in [0, 0.05) is 159 Å². The number of piperidine rings is 2. The molecule has 0 bridgehead atoms. The molecule has 3 amide bonds. The van der Waals surface area contributed by atoms with Crippen LogP contribution < -0.4 is 5.32 Å². The van der Waals surface area contributed by atoms with E-state index in [1.165, 1.54) is 39.1 Å². The topological polar surface area (TPSA) is 310 Å². The van der Waals surface area contributed by atoms with Crippen LogP contribution in [0, 0.1) is 11.8 Å². The largest absolute Gasteiger partial charge is 0.481 e. The van der Waals surface area contributed by atoms with Crippen LogP contribution in [0.5, 0.6) is 0 Å². The molecule has 8 aromatic heterocycles. The predicted molar refractivity (Wildman–Crippen MR) is 496 cm³/mol. The zero-order valence-corrected chi connectivity index (χ0v) is 75.8. The Morgan fingerprint density at radius 3 is 1.01 bits per heavy atom. The molecule has 3 N–H and O–H groups in total. The van der Waals surface area contributed by atoms with E-state index in [1.807, 2.05) is 119 Å². The Kier molecular flexibility index (Phi) is 39.1. The molecule has 4 saturated heterocycles. The number of benzene rings is 4. The van der Waals surface area contributed by atoms with E-state index in [4.69, 9.17) is 137 Å². The number of amides is 3. The normalized spacial score (nSPS) is 14.2. The zero-order valence-electron chi connectivity index (χ0n) is 68.9. The molecule has 672 valence electrons. The number of aromatic nitrogens is 8. The minimum absolute atomic E-state index is 0. The molecule has 4 aliphatic rings. The first-order valence-electron chi connectivity index (χ1n) is 40.6. The van der Waals surface area contributed by atoms with Gasteiger partial charge in [-0.2, -0.15) is 9.59 Å². The number of carbonyl (C=O) groups is 7. The average Bonchev–Trinajstić information content (AvgIpc) is 1.65. The van der Waals surface area contributed by atoms with Gasteiger partial charge in [0.25, 0.3) is 6.47 Å². The Morgan fingerprint density at radius 2 is 0.717 bits per heavy atom. The van der Waals surface area contributed by atoms with E-state index in [1.54, 1.807) is 95.9 Å². The lowest BCUT2D eigenvalue weighted by molar-refractivity contribution is -0.192. The number of halogens is 9. The highest BCUT2D eigenvalue weighted by Crippen LogP contribution is 2.35. The number of imidazole rings is 4. The second-order valence-corrected chi connectivity index (χ2v) is 33.4. The Balaban J connectivity index is 0.000000183. The molecule has 0 unspecified atom stereocenters. The van der Waals surface area contributed by atoms with Gasteiger partial charge >= 0.3 is 24.1 Å². The van der Waals surface area contributed by atoms with Crippen LogP contribution in [0.15, 0.2) is 170 Å². The van der Waals surface area contributed by atoms with Crippen molar-refractivity contribution in [3.05, 3.63) is 233 Å². The molecule has 4 fully saturated rings. The van der Waals surface area contributed by atoms with Gasteiger partial charge in [0.15, 0.2) is 0 Å². The highest BCUT2D eigenvalue weighted by molar-refractivity contribution is 6.33. The van der Waals surface area contributed by atoms with Crippen molar-refractivity contribution >= 4 is 176 Å². The molecule has 4 aliphatic heterocycles. The molecule has 0 aliphatic carbocycles. The maximum absolute atomic E-state index is 13.2. The molecule has 0 atom stereocenters. The summed E-state index contributed by atoms with van der Waals surface area (Å²) >= 11 is 48.6. The van der Waals surface area contributed by atoms with Crippen molar-refractivity contribution in [1.29, 1.82) is 0 Å². The first-order valence-corrected chi connectivity index (χ1v) is 43.6. The third kappa shape index (κ3) is 28.4. The summed E-state index contributed by atoms with van der Waals surface area (Å²) in [5.74, 6) is -1.42. The van der Waals surface area contributed by atoms with Gasteiger partial charge in [0.2, 0.25) is 17.7 Å². The van der Waals surface area contributed by atoms with Crippen LogP contribution in [0.2, 0.25) is 40.2 Å². The lowest BCUT2D eigenvalue weighted by atomic mass is 9.93. The van der Waals surface area contributed by atoms with E-state index < -0.39 is 11.9 Å². The number of carboxylic acid groups (broad SMARTS) is 2. The number of rotatable bonds is 22. The summed E-state index contributed by atoms with van der Waals surface area (Å²) in [6.07, 6.45) is 12.6. The second-order valence-electron chi connectivity index (χ2n) is 29.9. The molecule has 127 heavy (non-hydrogen) atoms. The van der Waals surface area contributed by atoms with Crippen LogP contribution in [-0.2, 0) is 78.3 Å². The number of nitrogens with zero attached hydrogens (tertiary/aromatic N) is 13. The lowest BCUT2D eigenvalue weighted by Crippen LogP contribution is -2.49. The Bertz CT molecular complexity index is 5740. The van der Waals surface area contributed by atoms with Crippen LogP contribution in [0.4, 0.5) is 0 Å². The molecule has 0 spiro atoms. The number of hydrogen-bond donors (Lipinski definition) is 3. The van der Waals surface area contributed by atoms with E-state index >= 15 is 0 Å². The Labute approximate surface area is 781 Å². The summed E-state index contributed by atoms with van der Waals surface area (Å²) < 4.78 is 17.2. The van der Waals surface area contributed by atoms with E-state index in [0.717, 1.165) is 80.6 Å². The average molecular weight is 1910 g/mol. The van der Waals surface area contributed by atoms with Gasteiger partial charge in [-0.15, -0.1) is 12.4 Å². The summed E-state index contributed by atoms with van der Waals surface area (Å²) in [6.45, 7) is 16.1. The minimum Gasteiger partial charge on any atom is -0.481 e. The molecule has 16 rings (SSSR count).